The van der Waals surface area contributed by atoms with Crippen molar-refractivity contribution in [2.24, 2.45) is 10.8 Å². The van der Waals surface area contributed by atoms with Gasteiger partial charge in [0.25, 0.3) is 17.6 Å². The Hall–Kier alpha value is -3.54. The van der Waals surface area contributed by atoms with Crippen LogP contribution in [0.5, 0.6) is 0 Å². The standard InChI is InChI=1S/C20F28O4/c21-1(3(23)24)5(49)51-17(41,19(43,44)45)7-11(29,30)8(18(42,20(46,47)48)52-6(50)2(22)4(25)26)14(35,36)9(27,12(7,31)32)16(39,40)10(28,13(7,33)34)15(8,37)38. The molecule has 0 radical (unpaired) electrons. The summed E-state index contributed by atoms with van der Waals surface area (Å²) < 4.78 is 414. The van der Waals surface area contributed by atoms with Gasteiger partial charge in [-0.05, 0) is 0 Å². The van der Waals surface area contributed by atoms with Crippen molar-refractivity contribution >= 4 is 11.9 Å². The van der Waals surface area contributed by atoms with Gasteiger partial charge in [0.2, 0.25) is 10.8 Å². The molecule has 4 aliphatic carbocycles. The fourth-order valence-electron chi connectivity index (χ4n) is 6.32. The lowest BCUT2D eigenvalue weighted by Crippen LogP contribution is -3.10. The molecule has 4 aliphatic rings. The number of hydrogen-bond donors (Lipinski definition) is 0. The summed E-state index contributed by atoms with van der Waals surface area (Å²) in [6, 6.07) is 0. The van der Waals surface area contributed by atoms with E-state index >= 15 is 61.5 Å². The number of halogens is 28. The minimum atomic E-state index is -10.3. The van der Waals surface area contributed by atoms with Gasteiger partial charge >= 0.3 is 89.1 Å². The lowest BCUT2D eigenvalue weighted by atomic mass is 9.30. The topological polar surface area (TPSA) is 52.6 Å². The number of rotatable bonds is 6. The van der Waals surface area contributed by atoms with Gasteiger partial charge in [-0.3, -0.25) is 0 Å². The number of ether oxygens (including phenoxy) is 2. The fourth-order valence-corrected chi connectivity index (χ4v) is 6.32. The summed E-state index contributed by atoms with van der Waals surface area (Å²) in [5.74, 6) is -97.2. The smallest absolute Gasteiger partial charge is 0.413 e. The highest BCUT2D eigenvalue weighted by Gasteiger charge is 3.28. The molecule has 0 aromatic rings. The second-order valence-electron chi connectivity index (χ2n) is 10.4. The van der Waals surface area contributed by atoms with Gasteiger partial charge in [0, 0.05) is 0 Å². The van der Waals surface area contributed by atoms with E-state index in [1.807, 2.05) is 0 Å². The average molecular weight is 836 g/mol. The third-order valence-corrected chi connectivity index (χ3v) is 8.27. The SMILES string of the molecule is O=C(OC(F)(C(F)(F)F)C12C(F)(F)C3(F)C(F)(F)C(F)(C1(F)F)C(F)(F)C(C(F)(OC(=O)C(F)=C(F)F)C(F)(F)F)(C3(F)F)C2(F)F)C(F)=C(F)F. The van der Waals surface area contributed by atoms with Crippen molar-refractivity contribution in [3.05, 3.63) is 23.8 Å². The van der Waals surface area contributed by atoms with Crippen molar-refractivity contribution in [2.75, 3.05) is 0 Å². The van der Waals surface area contributed by atoms with Crippen LogP contribution >= 0.6 is 0 Å². The summed E-state index contributed by atoms with van der Waals surface area (Å²) in [4.78, 5) is 22.7. The van der Waals surface area contributed by atoms with E-state index < -0.39 is 118 Å². The third kappa shape index (κ3) is 3.47. The van der Waals surface area contributed by atoms with E-state index in [2.05, 4.69) is 0 Å². The number of carbonyl (C=O) groups is 2. The summed E-state index contributed by atoms with van der Waals surface area (Å²) in [6.45, 7) is 0. The van der Waals surface area contributed by atoms with Crippen molar-refractivity contribution < 1.29 is 142 Å². The van der Waals surface area contributed by atoms with Gasteiger partial charge in [0.15, 0.2) is 0 Å². The van der Waals surface area contributed by atoms with E-state index in [-0.39, 0.29) is 0 Å². The summed E-state index contributed by atoms with van der Waals surface area (Å²) in [6.07, 6.45) is -27.5. The van der Waals surface area contributed by atoms with Crippen LogP contribution in [0.1, 0.15) is 0 Å². The van der Waals surface area contributed by atoms with Gasteiger partial charge in [-0.25, -0.2) is 62.3 Å². The van der Waals surface area contributed by atoms with Crippen molar-refractivity contribution in [1.29, 1.82) is 0 Å². The minimum Gasteiger partial charge on any atom is -0.413 e. The van der Waals surface area contributed by atoms with E-state index in [1.165, 1.54) is 0 Å². The number of alkyl halides is 22. The summed E-state index contributed by atoms with van der Waals surface area (Å²) in [7, 11) is 0. The van der Waals surface area contributed by atoms with Gasteiger partial charge in [-0.1, -0.05) is 0 Å². The van der Waals surface area contributed by atoms with Crippen molar-refractivity contribution in [3.8, 4) is 0 Å². The largest absolute Gasteiger partial charge is 0.461 e. The molecule has 300 valence electrons. The van der Waals surface area contributed by atoms with Crippen LogP contribution in [0, 0.1) is 10.8 Å². The Morgan fingerprint density at radius 2 is 0.577 bits per heavy atom. The molecule has 4 rings (SSSR count). The number of hydrogen-bond acceptors (Lipinski definition) is 4. The molecule has 4 nitrogen and oxygen atoms in total. The molecule has 0 spiro atoms. The number of carbonyl (C=O) groups excluding carboxylic acids is 2. The lowest BCUT2D eigenvalue weighted by molar-refractivity contribution is -0.666. The van der Waals surface area contributed by atoms with Crippen LogP contribution in [0.3, 0.4) is 0 Å². The highest BCUT2D eigenvalue weighted by molar-refractivity contribution is 5.87. The first-order valence-corrected chi connectivity index (χ1v) is 11.5. The Morgan fingerprint density at radius 1 is 0.365 bits per heavy atom. The molecular formula is C20F28O4. The first-order valence-electron chi connectivity index (χ1n) is 11.5. The summed E-state index contributed by atoms with van der Waals surface area (Å²) in [5.41, 5.74) is -39.4. The van der Waals surface area contributed by atoms with E-state index in [1.54, 1.807) is 9.47 Å². The predicted octanol–water partition coefficient (Wildman–Crippen LogP) is 8.93. The molecule has 4 bridgehead atoms. The van der Waals surface area contributed by atoms with E-state index in [0.717, 1.165) is 0 Å². The highest BCUT2D eigenvalue weighted by Crippen LogP contribution is 2.96. The molecule has 32 heteroatoms. The second kappa shape index (κ2) is 10.2. The van der Waals surface area contributed by atoms with Crippen molar-refractivity contribution in [3.63, 3.8) is 0 Å². The third-order valence-electron chi connectivity index (χ3n) is 8.27. The Morgan fingerprint density at radius 3 is 0.750 bits per heavy atom. The molecule has 4 saturated carbocycles. The summed E-state index contributed by atoms with van der Waals surface area (Å²) in [5, 5.41) is 0. The van der Waals surface area contributed by atoms with Gasteiger partial charge in [0.1, 0.15) is 0 Å². The number of esters is 2. The molecule has 0 heterocycles. The first kappa shape index (κ1) is 42.9. The fraction of sp³-hybridized carbons (Fsp3) is 0.700. The Kier molecular flexibility index (Phi) is 8.37. The normalized spacial score (nSPS) is 35.5. The molecular weight excluding hydrogens is 836 g/mol. The van der Waals surface area contributed by atoms with E-state index in [4.69, 9.17) is 0 Å². The Balaban J connectivity index is 2.99. The Bertz CT molecular complexity index is 1490. The van der Waals surface area contributed by atoms with Crippen LogP contribution in [0.4, 0.5) is 123 Å². The average Bonchev–Trinajstić information content (AvgIpc) is 2.90. The van der Waals surface area contributed by atoms with Crippen LogP contribution < -0.4 is 0 Å². The Labute approximate surface area is 260 Å². The monoisotopic (exact) mass is 836 g/mol. The molecule has 0 N–H and O–H groups in total. The van der Waals surface area contributed by atoms with E-state index in [0.29, 0.717) is 0 Å². The van der Waals surface area contributed by atoms with Crippen LogP contribution in [-0.4, -0.2) is 82.9 Å². The molecule has 0 saturated heterocycles. The quantitative estimate of drug-likeness (QED) is 0.153. The van der Waals surface area contributed by atoms with Gasteiger partial charge < -0.3 is 9.47 Å². The zero-order valence-electron chi connectivity index (χ0n) is 22.2. The zero-order chi connectivity index (χ0) is 41.9. The maximum absolute atomic E-state index is 16.2. The van der Waals surface area contributed by atoms with Crippen LogP contribution in [0.15, 0.2) is 23.8 Å². The second-order valence-corrected chi connectivity index (χ2v) is 10.4. The maximum Gasteiger partial charge on any atom is 0.461 e. The predicted molar refractivity (Wildman–Crippen MR) is 94.9 cm³/mol. The van der Waals surface area contributed by atoms with Crippen molar-refractivity contribution in [2.45, 2.75) is 70.9 Å². The van der Waals surface area contributed by atoms with Gasteiger partial charge in [-0.15, -0.1) is 0 Å². The maximum atomic E-state index is 16.2. The highest BCUT2D eigenvalue weighted by atomic mass is 19.4. The van der Waals surface area contributed by atoms with Crippen LogP contribution in [0.2, 0.25) is 0 Å². The molecule has 2 unspecified atom stereocenters. The molecule has 0 aromatic heterocycles. The zero-order valence-corrected chi connectivity index (χ0v) is 22.2. The van der Waals surface area contributed by atoms with Crippen LogP contribution in [0.25, 0.3) is 0 Å². The summed E-state index contributed by atoms with van der Waals surface area (Å²) >= 11 is 0. The molecule has 0 aliphatic heterocycles. The first-order chi connectivity index (χ1) is 22.5. The molecule has 0 amide bonds. The molecule has 0 aromatic carbocycles. The molecule has 4 fully saturated rings. The van der Waals surface area contributed by atoms with E-state index in [9.17, 15) is 71.1 Å². The van der Waals surface area contributed by atoms with Crippen molar-refractivity contribution in [1.82, 2.24) is 0 Å². The molecule has 52 heavy (non-hydrogen) atoms. The van der Waals surface area contributed by atoms with Gasteiger partial charge in [0.05, 0.1) is 0 Å². The van der Waals surface area contributed by atoms with Gasteiger partial charge in [-0.2, -0.15) is 70.2 Å². The lowest BCUT2D eigenvalue weighted by Gasteiger charge is -2.78. The minimum absolute atomic E-state index is 1.68. The van der Waals surface area contributed by atoms with Crippen LogP contribution in [-0.2, 0) is 19.1 Å². The molecule has 2 atom stereocenters.